The molecule has 3 rings (SSSR count). The molecule has 32 heavy (non-hydrogen) atoms. The number of tetrazole rings is 1. The van der Waals surface area contributed by atoms with Gasteiger partial charge in [0, 0.05) is 19.2 Å². The van der Waals surface area contributed by atoms with Crippen LogP contribution in [0.25, 0.3) is 0 Å². The Kier molecular flexibility index (Phi) is 8.21. The SMILES string of the molecule is CCOC(C)COC(=O)Nc1cccc(CON=C(c2ccccc2)c2nnnn2C)n1. The number of hydrogen-bond acceptors (Lipinski definition) is 9. The van der Waals surface area contributed by atoms with Crippen molar-refractivity contribution in [3.8, 4) is 0 Å². The zero-order chi connectivity index (χ0) is 22.8. The molecule has 1 atom stereocenters. The third-order valence-electron chi connectivity index (χ3n) is 4.18. The molecule has 1 unspecified atom stereocenters. The monoisotopic (exact) mass is 439 g/mol. The lowest BCUT2D eigenvalue weighted by Crippen LogP contribution is -2.22. The van der Waals surface area contributed by atoms with E-state index in [2.05, 4.69) is 31.0 Å². The van der Waals surface area contributed by atoms with Gasteiger partial charge in [-0.1, -0.05) is 41.6 Å². The van der Waals surface area contributed by atoms with E-state index in [1.54, 1.807) is 25.2 Å². The molecule has 0 bridgehead atoms. The van der Waals surface area contributed by atoms with Crippen molar-refractivity contribution >= 4 is 17.6 Å². The number of nitrogens with one attached hydrogen (secondary N) is 1. The molecule has 2 heterocycles. The molecule has 168 valence electrons. The lowest BCUT2D eigenvalue weighted by Gasteiger charge is -2.12. The van der Waals surface area contributed by atoms with Crippen LogP contribution in [0.1, 0.15) is 30.9 Å². The van der Waals surface area contributed by atoms with Crippen LogP contribution in [0.5, 0.6) is 0 Å². The van der Waals surface area contributed by atoms with E-state index >= 15 is 0 Å². The fourth-order valence-electron chi connectivity index (χ4n) is 2.71. The topological polar surface area (TPSA) is 126 Å². The van der Waals surface area contributed by atoms with Crippen LogP contribution >= 0.6 is 0 Å². The quantitative estimate of drug-likeness (QED) is 0.377. The van der Waals surface area contributed by atoms with Crippen LogP contribution in [0, 0.1) is 0 Å². The van der Waals surface area contributed by atoms with Gasteiger partial charge >= 0.3 is 6.09 Å². The Hall–Kier alpha value is -3.86. The van der Waals surface area contributed by atoms with Gasteiger partial charge in [0.1, 0.15) is 12.4 Å². The first-order valence-electron chi connectivity index (χ1n) is 10.1. The van der Waals surface area contributed by atoms with Crippen molar-refractivity contribution in [3.63, 3.8) is 0 Å². The van der Waals surface area contributed by atoms with E-state index in [4.69, 9.17) is 14.3 Å². The van der Waals surface area contributed by atoms with Gasteiger partial charge in [-0.25, -0.2) is 14.5 Å². The molecule has 1 N–H and O–H groups in total. The number of amides is 1. The van der Waals surface area contributed by atoms with Crippen LogP contribution < -0.4 is 5.32 Å². The molecule has 11 heteroatoms. The zero-order valence-electron chi connectivity index (χ0n) is 18.1. The van der Waals surface area contributed by atoms with E-state index < -0.39 is 6.09 Å². The number of pyridine rings is 1. The van der Waals surface area contributed by atoms with Crippen molar-refractivity contribution in [2.75, 3.05) is 18.5 Å². The minimum Gasteiger partial charge on any atom is -0.447 e. The highest BCUT2D eigenvalue weighted by Crippen LogP contribution is 2.10. The Morgan fingerprint density at radius 3 is 2.72 bits per heavy atom. The third-order valence-corrected chi connectivity index (χ3v) is 4.18. The second-order valence-corrected chi connectivity index (χ2v) is 6.71. The molecule has 0 aliphatic carbocycles. The maximum atomic E-state index is 12.0. The molecular formula is C21H25N7O4. The highest BCUT2D eigenvalue weighted by atomic mass is 16.6. The summed E-state index contributed by atoms with van der Waals surface area (Å²) < 4.78 is 12.0. The fourth-order valence-corrected chi connectivity index (χ4v) is 2.71. The van der Waals surface area contributed by atoms with Crippen molar-refractivity contribution in [1.82, 2.24) is 25.2 Å². The highest BCUT2D eigenvalue weighted by Gasteiger charge is 2.15. The maximum absolute atomic E-state index is 12.0. The van der Waals surface area contributed by atoms with Gasteiger partial charge < -0.3 is 14.3 Å². The molecule has 0 spiro atoms. The van der Waals surface area contributed by atoms with Crippen LogP contribution in [0.2, 0.25) is 0 Å². The van der Waals surface area contributed by atoms with Crippen LogP contribution in [-0.2, 0) is 28.0 Å². The van der Waals surface area contributed by atoms with Crippen molar-refractivity contribution in [3.05, 3.63) is 65.6 Å². The van der Waals surface area contributed by atoms with Gasteiger partial charge in [-0.3, -0.25) is 5.32 Å². The number of oxime groups is 1. The lowest BCUT2D eigenvalue weighted by molar-refractivity contribution is 0.0254. The Balaban J connectivity index is 1.63. The van der Waals surface area contributed by atoms with Crippen LogP contribution in [0.3, 0.4) is 0 Å². The molecular weight excluding hydrogens is 414 g/mol. The number of nitrogens with zero attached hydrogens (tertiary/aromatic N) is 6. The Morgan fingerprint density at radius 2 is 2.00 bits per heavy atom. The largest absolute Gasteiger partial charge is 0.447 e. The average Bonchev–Trinajstić information content (AvgIpc) is 3.22. The van der Waals surface area contributed by atoms with Gasteiger partial charge in [-0.2, -0.15) is 0 Å². The summed E-state index contributed by atoms with van der Waals surface area (Å²) in [6.45, 7) is 4.49. The van der Waals surface area contributed by atoms with Gasteiger partial charge in [0.05, 0.1) is 11.8 Å². The number of aromatic nitrogens is 5. The predicted molar refractivity (Wildman–Crippen MR) is 116 cm³/mol. The van der Waals surface area contributed by atoms with E-state index in [0.29, 0.717) is 29.7 Å². The molecule has 0 saturated carbocycles. The first kappa shape index (κ1) is 22.8. The van der Waals surface area contributed by atoms with Crippen molar-refractivity contribution in [1.29, 1.82) is 0 Å². The Bertz CT molecular complexity index is 1040. The van der Waals surface area contributed by atoms with Gasteiger partial charge in [0.25, 0.3) is 0 Å². The normalized spacial score (nSPS) is 12.3. The molecule has 0 radical (unpaired) electrons. The van der Waals surface area contributed by atoms with E-state index in [1.807, 2.05) is 44.2 Å². The summed E-state index contributed by atoms with van der Waals surface area (Å²) in [5, 5.41) is 18.3. The molecule has 0 saturated heterocycles. The first-order chi connectivity index (χ1) is 15.6. The van der Waals surface area contributed by atoms with E-state index in [1.165, 1.54) is 4.68 Å². The summed E-state index contributed by atoms with van der Waals surface area (Å²) in [5.74, 6) is 0.800. The van der Waals surface area contributed by atoms with Crippen LogP contribution in [-0.4, -0.2) is 56.3 Å². The number of carbonyl (C=O) groups excluding carboxylic acids is 1. The minimum atomic E-state index is -0.610. The molecule has 1 aromatic carbocycles. The molecule has 0 aliphatic heterocycles. The second-order valence-electron chi connectivity index (χ2n) is 6.71. The average molecular weight is 439 g/mol. The van der Waals surface area contributed by atoms with E-state index in [-0.39, 0.29) is 19.3 Å². The van der Waals surface area contributed by atoms with Gasteiger partial charge in [0.2, 0.25) is 5.82 Å². The molecule has 0 aliphatic rings. The predicted octanol–water partition coefficient (Wildman–Crippen LogP) is 2.55. The molecule has 1 amide bonds. The van der Waals surface area contributed by atoms with Gasteiger partial charge in [-0.15, -0.1) is 5.10 Å². The molecule has 0 fully saturated rings. The summed E-state index contributed by atoms with van der Waals surface area (Å²) in [7, 11) is 1.72. The summed E-state index contributed by atoms with van der Waals surface area (Å²) >= 11 is 0. The van der Waals surface area contributed by atoms with Crippen LogP contribution in [0.4, 0.5) is 10.6 Å². The number of rotatable bonds is 10. The van der Waals surface area contributed by atoms with Crippen molar-refractivity contribution < 1.29 is 19.1 Å². The van der Waals surface area contributed by atoms with Gasteiger partial charge in [-0.05, 0) is 36.4 Å². The maximum Gasteiger partial charge on any atom is 0.412 e. The number of hydrogen-bond donors (Lipinski definition) is 1. The van der Waals surface area contributed by atoms with E-state index in [9.17, 15) is 4.79 Å². The fraction of sp³-hybridized carbons (Fsp3) is 0.333. The number of carbonyl (C=O) groups is 1. The Labute approximate surface area is 185 Å². The van der Waals surface area contributed by atoms with Crippen molar-refractivity contribution in [2.24, 2.45) is 12.2 Å². The summed E-state index contributed by atoms with van der Waals surface area (Å²) in [4.78, 5) is 21.8. The van der Waals surface area contributed by atoms with Crippen LogP contribution in [0.15, 0.2) is 53.7 Å². The number of aryl methyl sites for hydroxylation is 1. The third kappa shape index (κ3) is 6.57. The van der Waals surface area contributed by atoms with E-state index in [0.717, 1.165) is 5.56 Å². The summed E-state index contributed by atoms with van der Waals surface area (Å²) in [6, 6.07) is 14.6. The molecule has 11 nitrogen and oxygen atoms in total. The minimum absolute atomic E-state index is 0.0769. The lowest BCUT2D eigenvalue weighted by atomic mass is 10.1. The number of benzene rings is 1. The smallest absolute Gasteiger partial charge is 0.412 e. The summed E-state index contributed by atoms with van der Waals surface area (Å²) in [6.07, 6.45) is -0.791. The molecule has 2 aromatic heterocycles. The standard InChI is InChI=1S/C21H25N7O4/c1-4-30-15(2)13-31-21(29)23-18-12-8-11-17(22-18)14-32-25-19(16-9-6-5-7-10-16)20-24-26-27-28(20)3/h5-12,15H,4,13-14H2,1-3H3,(H,22,23,29). The second kappa shape index (κ2) is 11.5. The van der Waals surface area contributed by atoms with Gasteiger partial charge in [0.15, 0.2) is 12.3 Å². The number of anilines is 1. The first-order valence-corrected chi connectivity index (χ1v) is 10.1. The zero-order valence-corrected chi connectivity index (χ0v) is 18.1. The highest BCUT2D eigenvalue weighted by molar-refractivity contribution is 6.10. The Morgan fingerprint density at radius 1 is 1.19 bits per heavy atom. The summed E-state index contributed by atoms with van der Waals surface area (Å²) in [5.41, 5.74) is 1.86. The van der Waals surface area contributed by atoms with Crippen molar-refractivity contribution in [2.45, 2.75) is 26.6 Å². The number of ether oxygens (including phenoxy) is 2. The molecule has 3 aromatic rings.